The van der Waals surface area contributed by atoms with E-state index in [4.69, 9.17) is 5.26 Å². The zero-order valence-corrected chi connectivity index (χ0v) is 17.9. The molecule has 0 saturated heterocycles. The van der Waals surface area contributed by atoms with Crippen LogP contribution < -0.4 is 10.6 Å². The Labute approximate surface area is 187 Å². The molecular weight excluding hydrogens is 437 g/mol. The molecule has 2 N–H and O–H groups in total. The number of fused-ring (bicyclic) bond motifs is 1. The summed E-state index contributed by atoms with van der Waals surface area (Å²) in [5, 5.41) is 15.8. The Hall–Kier alpha value is -3.12. The van der Waals surface area contributed by atoms with Crippen molar-refractivity contribution >= 4 is 33.8 Å². The monoisotopic (exact) mass is 458 g/mol. The summed E-state index contributed by atoms with van der Waals surface area (Å²) in [6, 6.07) is 13.2. The maximum absolute atomic E-state index is 13.2. The number of hydrogen-bond acceptors (Lipinski definition) is 5. The summed E-state index contributed by atoms with van der Waals surface area (Å²) in [7, 11) is 0. The maximum atomic E-state index is 13.2. The first kappa shape index (κ1) is 22.1. The highest BCUT2D eigenvalue weighted by molar-refractivity contribution is 7.14. The van der Waals surface area contributed by atoms with E-state index in [0.29, 0.717) is 38.8 Å². The van der Waals surface area contributed by atoms with Crippen molar-refractivity contribution in [2.24, 2.45) is 5.92 Å². The molecule has 1 saturated carbocycles. The molecule has 0 spiro atoms. The van der Waals surface area contributed by atoms with Gasteiger partial charge in [-0.25, -0.2) is 4.98 Å². The Morgan fingerprint density at radius 3 is 2.59 bits per heavy atom. The molecule has 166 valence electrons. The first-order valence-corrected chi connectivity index (χ1v) is 11.2. The summed E-state index contributed by atoms with van der Waals surface area (Å²) < 4.78 is 39.7. The molecule has 0 bridgehead atoms. The molecule has 1 amide bonds. The van der Waals surface area contributed by atoms with Gasteiger partial charge in [-0.1, -0.05) is 18.2 Å². The molecule has 0 unspecified atom stereocenters. The van der Waals surface area contributed by atoms with Gasteiger partial charge in [-0.15, -0.1) is 11.3 Å². The molecule has 5 nitrogen and oxygen atoms in total. The van der Waals surface area contributed by atoms with Crippen LogP contribution in [0.3, 0.4) is 0 Å². The van der Waals surface area contributed by atoms with E-state index >= 15 is 0 Å². The summed E-state index contributed by atoms with van der Waals surface area (Å²) >= 11 is 1.17. The van der Waals surface area contributed by atoms with E-state index in [2.05, 4.69) is 15.6 Å². The minimum Gasteiger partial charge on any atom is -0.384 e. The Bertz CT molecular complexity index is 1160. The highest BCUT2D eigenvalue weighted by Crippen LogP contribution is 2.33. The molecular formula is C23H21F3N4OS. The van der Waals surface area contributed by atoms with Crippen molar-refractivity contribution in [1.82, 2.24) is 10.3 Å². The van der Waals surface area contributed by atoms with E-state index in [0.717, 1.165) is 31.7 Å². The van der Waals surface area contributed by atoms with Crippen LogP contribution in [0.15, 0.2) is 42.5 Å². The predicted octanol–water partition coefficient (Wildman–Crippen LogP) is 5.59. The molecule has 0 atom stereocenters. The maximum Gasteiger partial charge on any atom is 0.433 e. The number of nitrogens with one attached hydrogen (secondary N) is 2. The molecule has 0 aliphatic heterocycles. The van der Waals surface area contributed by atoms with Crippen LogP contribution in [0.2, 0.25) is 0 Å². The number of hydrogen-bond donors (Lipinski definition) is 2. The van der Waals surface area contributed by atoms with Gasteiger partial charge in [0.2, 0.25) is 0 Å². The lowest BCUT2D eigenvalue weighted by molar-refractivity contribution is -0.140. The Morgan fingerprint density at radius 1 is 1.16 bits per heavy atom. The van der Waals surface area contributed by atoms with Crippen LogP contribution >= 0.6 is 11.3 Å². The topological polar surface area (TPSA) is 77.8 Å². The van der Waals surface area contributed by atoms with Gasteiger partial charge >= 0.3 is 6.18 Å². The summed E-state index contributed by atoms with van der Waals surface area (Å²) in [6.45, 7) is 0.558. The predicted molar refractivity (Wildman–Crippen MR) is 117 cm³/mol. The normalized spacial score (nSPS) is 18.8. The number of rotatable bonds is 5. The summed E-state index contributed by atoms with van der Waals surface area (Å²) in [5.74, 6) is 0.136. The largest absolute Gasteiger partial charge is 0.433 e. The number of pyridine rings is 1. The third-order valence-electron chi connectivity index (χ3n) is 5.71. The molecule has 4 rings (SSSR count). The minimum absolute atomic E-state index is 0.0602. The number of thiophene rings is 1. The standard InChI is InChI=1S/C23H21F3N4OS/c24-23(25,26)21-11-19(17-3-1-2-4-18(17)30-21)28-13-14-5-7-15(8-6-14)29-22(31)20-10-9-16(12-27)32-20/h1-4,9-11,14-15H,5-8,13H2,(H,28,30)(H,29,31)/t14-,15+. The number of carbonyl (C=O) groups excluding carboxylic acids is 1. The van der Waals surface area contributed by atoms with E-state index < -0.39 is 11.9 Å². The fraction of sp³-hybridized carbons (Fsp3) is 0.348. The average molecular weight is 459 g/mol. The lowest BCUT2D eigenvalue weighted by Crippen LogP contribution is -2.38. The molecule has 2 aromatic heterocycles. The van der Waals surface area contributed by atoms with Crippen LogP contribution in [0.25, 0.3) is 10.9 Å². The first-order valence-electron chi connectivity index (χ1n) is 10.3. The van der Waals surface area contributed by atoms with Crippen molar-refractivity contribution in [2.75, 3.05) is 11.9 Å². The summed E-state index contributed by atoms with van der Waals surface area (Å²) in [6.07, 6.45) is -1.17. The number of anilines is 1. The average Bonchev–Trinajstić information content (AvgIpc) is 3.27. The third-order valence-corrected chi connectivity index (χ3v) is 6.70. The second-order valence-corrected chi connectivity index (χ2v) is 9.00. The summed E-state index contributed by atoms with van der Waals surface area (Å²) in [5.41, 5.74) is -0.160. The highest BCUT2D eigenvalue weighted by atomic mass is 32.1. The lowest BCUT2D eigenvalue weighted by atomic mass is 9.86. The van der Waals surface area contributed by atoms with Gasteiger partial charge < -0.3 is 10.6 Å². The van der Waals surface area contributed by atoms with Crippen LogP contribution in [0.4, 0.5) is 18.9 Å². The zero-order valence-electron chi connectivity index (χ0n) is 17.1. The molecule has 9 heteroatoms. The van der Waals surface area contributed by atoms with Gasteiger partial charge in [0.1, 0.15) is 16.6 Å². The number of nitriles is 1. The molecule has 1 fully saturated rings. The van der Waals surface area contributed by atoms with Crippen LogP contribution in [0.5, 0.6) is 0 Å². The van der Waals surface area contributed by atoms with Crippen LogP contribution in [0, 0.1) is 17.2 Å². The van der Waals surface area contributed by atoms with Crippen molar-refractivity contribution in [3.05, 3.63) is 57.9 Å². The Balaban J connectivity index is 1.35. The van der Waals surface area contributed by atoms with Crippen LogP contribution in [-0.2, 0) is 6.18 Å². The van der Waals surface area contributed by atoms with Gasteiger partial charge in [-0.3, -0.25) is 4.79 Å². The lowest BCUT2D eigenvalue weighted by Gasteiger charge is -2.29. The molecule has 1 aliphatic carbocycles. The number of para-hydroxylation sites is 1. The first-order chi connectivity index (χ1) is 15.3. The van der Waals surface area contributed by atoms with E-state index in [1.807, 2.05) is 6.07 Å². The third kappa shape index (κ3) is 5.02. The SMILES string of the molecule is N#Cc1ccc(C(=O)N[C@H]2CC[C@@H](CNc3cc(C(F)(F)F)nc4ccccc34)CC2)s1. The minimum atomic E-state index is -4.51. The van der Waals surface area contributed by atoms with Gasteiger partial charge in [0.05, 0.1) is 10.4 Å². The number of carbonyl (C=O) groups is 1. The van der Waals surface area contributed by atoms with Crippen molar-refractivity contribution in [1.29, 1.82) is 5.26 Å². The molecule has 1 aliphatic rings. The second kappa shape index (κ2) is 9.17. The van der Waals surface area contributed by atoms with Crippen molar-refractivity contribution in [3.8, 4) is 6.07 Å². The number of benzene rings is 1. The molecule has 32 heavy (non-hydrogen) atoms. The molecule has 1 aromatic carbocycles. The number of nitrogens with zero attached hydrogens (tertiary/aromatic N) is 2. The molecule has 3 aromatic rings. The van der Waals surface area contributed by atoms with Crippen LogP contribution in [-0.4, -0.2) is 23.5 Å². The fourth-order valence-corrected chi connectivity index (χ4v) is 4.71. The van der Waals surface area contributed by atoms with Crippen molar-refractivity contribution in [2.45, 2.75) is 37.9 Å². The van der Waals surface area contributed by atoms with Gasteiger partial charge in [-0.05, 0) is 55.9 Å². The fourth-order valence-electron chi connectivity index (χ4n) is 4.01. The quantitative estimate of drug-likeness (QED) is 0.523. The number of alkyl halides is 3. The van der Waals surface area contributed by atoms with E-state index in [1.54, 1.807) is 36.4 Å². The van der Waals surface area contributed by atoms with Crippen LogP contribution in [0.1, 0.15) is 45.9 Å². The summed E-state index contributed by atoms with van der Waals surface area (Å²) in [4.78, 5) is 17.1. The van der Waals surface area contributed by atoms with E-state index in [-0.39, 0.29) is 11.9 Å². The molecule has 0 radical (unpaired) electrons. The van der Waals surface area contributed by atoms with Gasteiger partial charge in [0, 0.05) is 23.7 Å². The van der Waals surface area contributed by atoms with Crippen molar-refractivity contribution < 1.29 is 18.0 Å². The number of aromatic nitrogens is 1. The number of amides is 1. The van der Waals surface area contributed by atoms with Gasteiger partial charge in [0.15, 0.2) is 0 Å². The number of halogens is 3. The van der Waals surface area contributed by atoms with Crippen molar-refractivity contribution in [3.63, 3.8) is 0 Å². The van der Waals surface area contributed by atoms with Gasteiger partial charge in [-0.2, -0.15) is 18.4 Å². The van der Waals surface area contributed by atoms with Gasteiger partial charge in [0.25, 0.3) is 5.91 Å². The van der Waals surface area contributed by atoms with E-state index in [9.17, 15) is 18.0 Å². The second-order valence-electron chi connectivity index (χ2n) is 7.92. The Kier molecular flexibility index (Phi) is 6.33. The molecule has 2 heterocycles. The smallest absolute Gasteiger partial charge is 0.384 e. The van der Waals surface area contributed by atoms with E-state index in [1.165, 1.54) is 11.3 Å². The zero-order chi connectivity index (χ0) is 22.7. The Morgan fingerprint density at radius 2 is 1.91 bits per heavy atom. The highest BCUT2D eigenvalue weighted by Gasteiger charge is 2.33.